The lowest BCUT2D eigenvalue weighted by molar-refractivity contribution is 0.0273. The van der Waals surface area contributed by atoms with Crippen LogP contribution in [0, 0.1) is 71.0 Å². The second-order valence-electron chi connectivity index (χ2n) is 21.2. The largest absolute Gasteiger partial charge is 0.402 e. The molecule has 0 aromatic heterocycles. The van der Waals surface area contributed by atoms with Gasteiger partial charge in [-0.3, -0.25) is 0 Å². The molecule has 0 saturated heterocycles. The smallest absolute Gasteiger partial charge is 0.00772 e. The molecule has 0 aliphatic heterocycles. The molecule has 8 rings (SSSR count). The molecule has 54 heavy (non-hydrogen) atoms. The third-order valence-corrected chi connectivity index (χ3v) is 18.4. The van der Waals surface area contributed by atoms with E-state index in [0.29, 0.717) is 12.0 Å². The van der Waals surface area contributed by atoms with E-state index < -0.39 is 0 Å². The summed E-state index contributed by atoms with van der Waals surface area (Å²) in [6.07, 6.45) is 48.0. The molecule has 0 heterocycles. The fourth-order valence-corrected chi connectivity index (χ4v) is 14.9. The van der Waals surface area contributed by atoms with Gasteiger partial charge < -0.3 is 17.2 Å². The van der Waals surface area contributed by atoms with Crippen molar-refractivity contribution in [3.63, 3.8) is 0 Å². The van der Waals surface area contributed by atoms with Crippen LogP contribution >= 0.6 is 0 Å². The number of fused-ring (bicyclic) bond motifs is 2. The summed E-state index contributed by atoms with van der Waals surface area (Å²) in [7, 11) is 0. The van der Waals surface area contributed by atoms with Crippen LogP contribution in [0.2, 0.25) is 0 Å². The Bertz CT molecular complexity index is 1360. The van der Waals surface area contributed by atoms with Crippen LogP contribution < -0.4 is 17.2 Å². The maximum Gasteiger partial charge on any atom is 0.00772 e. The Labute approximate surface area is 332 Å². The van der Waals surface area contributed by atoms with Crippen LogP contribution in [0.3, 0.4) is 0 Å². The summed E-state index contributed by atoms with van der Waals surface area (Å²) in [5.74, 6) is 10.6. The van der Waals surface area contributed by atoms with Crippen molar-refractivity contribution in [3.05, 3.63) is 46.3 Å². The van der Waals surface area contributed by atoms with Gasteiger partial charge in [0.05, 0.1) is 0 Å². The van der Waals surface area contributed by atoms with Gasteiger partial charge in [-0.05, 0) is 226 Å². The highest BCUT2D eigenvalue weighted by molar-refractivity contribution is 5.28. The molecular formula is C51H83N3. The Hall–Kier alpha value is -1.48. The van der Waals surface area contributed by atoms with Gasteiger partial charge in [-0.1, -0.05) is 67.6 Å². The van der Waals surface area contributed by atoms with Gasteiger partial charge in [0.15, 0.2) is 0 Å². The van der Waals surface area contributed by atoms with Gasteiger partial charge in [-0.2, -0.15) is 0 Å². The molecule has 6 N–H and O–H groups in total. The van der Waals surface area contributed by atoms with Crippen LogP contribution in [0.15, 0.2) is 46.3 Å². The van der Waals surface area contributed by atoms with E-state index in [-0.39, 0.29) is 0 Å². The maximum absolute atomic E-state index is 7.06. The number of hydrogen-bond donors (Lipinski definition) is 3. The lowest BCUT2D eigenvalue weighted by atomic mass is 9.57. The maximum atomic E-state index is 7.06. The summed E-state index contributed by atoms with van der Waals surface area (Å²) in [6.45, 7) is 2.65. The van der Waals surface area contributed by atoms with Crippen molar-refractivity contribution in [1.29, 1.82) is 0 Å². The van der Waals surface area contributed by atoms with Gasteiger partial charge in [-0.25, -0.2) is 0 Å². The first kappa shape index (κ1) is 39.4. The third kappa shape index (κ3) is 9.28. The molecular weight excluding hydrogens is 655 g/mol. The van der Waals surface area contributed by atoms with E-state index in [1.165, 1.54) is 191 Å². The minimum Gasteiger partial charge on any atom is -0.402 e. The standard InChI is InChI=1S/C51H83N3/c1-34-36(11-7-13-40-10-3-5-15-50(40)53)18-25-46-32-44(26-28-47(34)46)45-27-29-48(51(54)33-45)38-21-19-37(20-22-38)42-24-23-41-30-35(16-17-43(41)31-42)8-6-12-39-9-2-4-14-49(39)52/h16-17,33-34,36-38,40-42,44-48,50H,2-15,18-32,52-54H2,1H3/t34?,36?,37?,38?,40?,41?,42?,44?,45?,46?,47-,48?,50?/m0/s1. The second kappa shape index (κ2) is 18.4. The highest BCUT2D eigenvalue weighted by Gasteiger charge is 2.43. The first-order valence-corrected chi connectivity index (χ1v) is 24.5. The van der Waals surface area contributed by atoms with Crippen molar-refractivity contribution in [2.75, 3.05) is 0 Å². The van der Waals surface area contributed by atoms with Crippen molar-refractivity contribution in [2.45, 2.75) is 199 Å². The summed E-state index contributed by atoms with van der Waals surface area (Å²) in [6, 6.07) is 0.489. The van der Waals surface area contributed by atoms with Crippen molar-refractivity contribution < 1.29 is 0 Å². The zero-order chi connectivity index (χ0) is 37.0. The molecule has 0 radical (unpaired) electrons. The van der Waals surface area contributed by atoms with Crippen LogP contribution in [0.1, 0.15) is 193 Å². The molecule has 0 amide bonds. The molecule has 302 valence electrons. The van der Waals surface area contributed by atoms with Crippen LogP contribution in [-0.4, -0.2) is 6.04 Å². The molecule has 11 atom stereocenters. The first-order chi connectivity index (χ1) is 26.4. The van der Waals surface area contributed by atoms with Crippen LogP contribution in [0.25, 0.3) is 0 Å². The summed E-state index contributed by atoms with van der Waals surface area (Å²) in [5.41, 5.74) is 27.5. The van der Waals surface area contributed by atoms with E-state index in [1.54, 1.807) is 16.7 Å². The average Bonchev–Trinajstić information content (AvgIpc) is 3.20. The molecule has 0 aromatic rings. The molecule has 5 saturated carbocycles. The zero-order valence-electron chi connectivity index (χ0n) is 35.0. The van der Waals surface area contributed by atoms with E-state index in [4.69, 9.17) is 17.2 Å². The van der Waals surface area contributed by atoms with E-state index in [0.717, 1.165) is 71.5 Å². The second-order valence-corrected chi connectivity index (χ2v) is 21.2. The molecule has 3 heteroatoms. The predicted octanol–water partition coefficient (Wildman–Crippen LogP) is 13.1. The number of hydrogen-bond acceptors (Lipinski definition) is 3. The summed E-state index contributed by atoms with van der Waals surface area (Å²) < 4.78 is 0. The third-order valence-electron chi connectivity index (χ3n) is 18.4. The zero-order valence-corrected chi connectivity index (χ0v) is 35.0. The Kier molecular flexibility index (Phi) is 13.4. The van der Waals surface area contributed by atoms with Gasteiger partial charge in [0.1, 0.15) is 0 Å². The van der Waals surface area contributed by atoms with Crippen LogP contribution in [0.5, 0.6) is 0 Å². The Morgan fingerprint density at radius 1 is 0.611 bits per heavy atom. The molecule has 8 aliphatic carbocycles. The fourth-order valence-electron chi connectivity index (χ4n) is 14.9. The Morgan fingerprint density at radius 2 is 1.37 bits per heavy atom. The number of rotatable bonds is 11. The van der Waals surface area contributed by atoms with Crippen LogP contribution in [-0.2, 0) is 0 Å². The molecule has 10 unspecified atom stereocenters. The molecule has 3 nitrogen and oxygen atoms in total. The summed E-state index contributed by atoms with van der Waals surface area (Å²) in [4.78, 5) is 0. The lowest BCUT2D eigenvalue weighted by Gasteiger charge is -2.48. The molecule has 0 aromatic carbocycles. The normalized spacial score (nSPS) is 42.0. The number of nitrogens with two attached hydrogens (primary N) is 3. The predicted molar refractivity (Wildman–Crippen MR) is 229 cm³/mol. The van der Waals surface area contributed by atoms with Gasteiger partial charge in [0.2, 0.25) is 0 Å². The minimum absolute atomic E-state index is 0.489. The van der Waals surface area contributed by atoms with E-state index in [2.05, 4.69) is 25.2 Å². The highest BCUT2D eigenvalue weighted by Crippen LogP contribution is 2.53. The van der Waals surface area contributed by atoms with Gasteiger partial charge in [-0.15, -0.1) is 0 Å². The fraction of sp³-hybridized carbons (Fsp3) is 0.843. The summed E-state index contributed by atoms with van der Waals surface area (Å²) in [5, 5.41) is 0. The topological polar surface area (TPSA) is 78.1 Å². The monoisotopic (exact) mass is 738 g/mol. The van der Waals surface area contributed by atoms with Gasteiger partial charge in [0, 0.05) is 23.4 Å². The molecule has 0 spiro atoms. The van der Waals surface area contributed by atoms with Crippen molar-refractivity contribution in [2.24, 2.45) is 88.2 Å². The van der Waals surface area contributed by atoms with Gasteiger partial charge >= 0.3 is 0 Å². The van der Waals surface area contributed by atoms with Crippen molar-refractivity contribution in [1.82, 2.24) is 0 Å². The Balaban J connectivity index is 0.755. The molecule has 0 bridgehead atoms. The van der Waals surface area contributed by atoms with E-state index in [9.17, 15) is 0 Å². The molecule has 8 aliphatic rings. The van der Waals surface area contributed by atoms with Crippen molar-refractivity contribution >= 4 is 0 Å². The SMILES string of the molecule is CC1C(CCCC2CCCCC2N)CCC2CC(C3C=C(N)C(C4CCC(C5CCC6CC(CCCC7=C(N)CCCC7)=CC=C6C5)CC4)CC3)CC[C@H]21. The minimum atomic E-state index is 0.489. The van der Waals surface area contributed by atoms with E-state index >= 15 is 0 Å². The summed E-state index contributed by atoms with van der Waals surface area (Å²) >= 11 is 0. The average molecular weight is 738 g/mol. The quantitative estimate of drug-likeness (QED) is 0.198. The van der Waals surface area contributed by atoms with Crippen molar-refractivity contribution in [3.8, 4) is 0 Å². The van der Waals surface area contributed by atoms with E-state index in [1.807, 2.05) is 0 Å². The van der Waals surface area contributed by atoms with Gasteiger partial charge in [0.25, 0.3) is 0 Å². The highest BCUT2D eigenvalue weighted by atomic mass is 14.7. The molecule has 5 fully saturated rings. The number of allylic oxidation sites excluding steroid dienone is 8. The Morgan fingerprint density at radius 3 is 2.20 bits per heavy atom. The first-order valence-electron chi connectivity index (χ1n) is 24.5. The lowest BCUT2D eigenvalue weighted by Crippen LogP contribution is -2.39. The van der Waals surface area contributed by atoms with Crippen LogP contribution in [0.4, 0.5) is 0 Å².